The first kappa shape index (κ1) is 15.6. The number of rotatable bonds is 4. The first-order chi connectivity index (χ1) is 12.8. The third-order valence-electron chi connectivity index (χ3n) is 5.45. The van der Waals surface area contributed by atoms with E-state index in [0.29, 0.717) is 12.8 Å². The second kappa shape index (κ2) is 5.94. The van der Waals surface area contributed by atoms with E-state index in [-0.39, 0.29) is 13.2 Å². The van der Waals surface area contributed by atoms with Crippen LogP contribution in [0.2, 0.25) is 0 Å². The summed E-state index contributed by atoms with van der Waals surface area (Å²) in [4.78, 5) is 0. The van der Waals surface area contributed by atoms with Crippen LogP contribution in [-0.2, 0) is 12.8 Å². The van der Waals surface area contributed by atoms with E-state index < -0.39 is 0 Å². The summed E-state index contributed by atoms with van der Waals surface area (Å²) in [7, 11) is 0. The van der Waals surface area contributed by atoms with Gasteiger partial charge in [-0.2, -0.15) is 0 Å². The Labute approximate surface area is 151 Å². The second-order valence-electron chi connectivity index (χ2n) is 7.04. The standard InChI is InChI=1S/C24H20O2/c25-9-7-15-11-17-3-1-5-19-21-13-16(8-10-26)12-18-4-2-6-20(24(18)21)22(14-15)23(17)19/h1-6,11-14,25-26H,7-10H2. The maximum Gasteiger partial charge on any atom is 0.0471 e. The van der Waals surface area contributed by atoms with Gasteiger partial charge in [-0.15, -0.1) is 0 Å². The van der Waals surface area contributed by atoms with Crippen LogP contribution in [0.4, 0.5) is 0 Å². The van der Waals surface area contributed by atoms with Crippen molar-refractivity contribution in [3.05, 3.63) is 71.8 Å². The summed E-state index contributed by atoms with van der Waals surface area (Å²) >= 11 is 0. The predicted molar refractivity (Wildman–Crippen MR) is 109 cm³/mol. The molecule has 0 bridgehead atoms. The van der Waals surface area contributed by atoms with Crippen LogP contribution in [0.3, 0.4) is 0 Å². The topological polar surface area (TPSA) is 40.5 Å². The van der Waals surface area contributed by atoms with Crippen molar-refractivity contribution in [1.82, 2.24) is 0 Å². The Morgan fingerprint density at radius 3 is 1.42 bits per heavy atom. The molecule has 0 heterocycles. The molecular formula is C24H20O2. The highest BCUT2D eigenvalue weighted by Crippen LogP contribution is 2.41. The number of aliphatic hydroxyl groups excluding tert-OH is 2. The maximum absolute atomic E-state index is 9.39. The van der Waals surface area contributed by atoms with E-state index in [4.69, 9.17) is 0 Å². The zero-order chi connectivity index (χ0) is 17.7. The summed E-state index contributed by atoms with van der Waals surface area (Å²) in [5, 5.41) is 28.8. The summed E-state index contributed by atoms with van der Waals surface area (Å²) in [5.74, 6) is 0. The third-order valence-corrected chi connectivity index (χ3v) is 5.45. The minimum atomic E-state index is 0.163. The van der Waals surface area contributed by atoms with Crippen LogP contribution in [-0.4, -0.2) is 23.4 Å². The van der Waals surface area contributed by atoms with E-state index in [9.17, 15) is 10.2 Å². The van der Waals surface area contributed by atoms with E-state index in [2.05, 4.69) is 60.7 Å². The van der Waals surface area contributed by atoms with Crippen molar-refractivity contribution in [2.75, 3.05) is 13.2 Å². The molecule has 0 atom stereocenters. The van der Waals surface area contributed by atoms with Gasteiger partial charge in [0, 0.05) is 13.2 Å². The molecule has 26 heavy (non-hydrogen) atoms. The molecule has 0 amide bonds. The van der Waals surface area contributed by atoms with Crippen molar-refractivity contribution in [1.29, 1.82) is 0 Å². The van der Waals surface area contributed by atoms with E-state index in [1.165, 1.54) is 54.2 Å². The lowest BCUT2D eigenvalue weighted by Crippen LogP contribution is -1.95. The molecule has 0 fully saturated rings. The quantitative estimate of drug-likeness (QED) is 0.364. The van der Waals surface area contributed by atoms with Crippen molar-refractivity contribution < 1.29 is 10.2 Å². The molecule has 2 N–H and O–H groups in total. The molecule has 5 aromatic rings. The van der Waals surface area contributed by atoms with E-state index in [0.717, 1.165) is 0 Å². The molecule has 5 aromatic carbocycles. The van der Waals surface area contributed by atoms with Crippen molar-refractivity contribution in [3.8, 4) is 0 Å². The van der Waals surface area contributed by atoms with Crippen LogP contribution in [0.15, 0.2) is 60.7 Å². The molecule has 5 rings (SSSR count). The molecule has 0 saturated heterocycles. The number of hydrogen-bond donors (Lipinski definition) is 2. The molecule has 0 aliphatic rings. The molecule has 0 saturated carbocycles. The molecule has 0 aliphatic heterocycles. The lowest BCUT2D eigenvalue weighted by Gasteiger charge is -2.16. The number of fused-ring (bicyclic) bond motifs is 2. The SMILES string of the molecule is OCCc1cc2cccc3c4cc(CCO)cc5cccc(c(c1)c23)c54. The summed E-state index contributed by atoms with van der Waals surface area (Å²) in [6.07, 6.45) is 1.34. The largest absolute Gasteiger partial charge is 0.396 e. The fraction of sp³-hybridized carbons (Fsp3) is 0.167. The number of benzene rings is 5. The Morgan fingerprint density at radius 2 is 1.00 bits per heavy atom. The predicted octanol–water partition coefficient (Wildman–Crippen LogP) is 4.81. The normalized spacial score (nSPS) is 12.1. The van der Waals surface area contributed by atoms with Crippen LogP contribution in [0, 0.1) is 0 Å². The summed E-state index contributed by atoms with van der Waals surface area (Å²) in [5.41, 5.74) is 2.34. The van der Waals surface area contributed by atoms with Crippen LogP contribution >= 0.6 is 0 Å². The van der Waals surface area contributed by atoms with Gasteiger partial charge in [-0.3, -0.25) is 0 Å². The van der Waals surface area contributed by atoms with Gasteiger partial charge in [-0.05, 0) is 67.1 Å². The number of aliphatic hydroxyl groups is 2. The van der Waals surface area contributed by atoms with Crippen molar-refractivity contribution in [3.63, 3.8) is 0 Å². The smallest absolute Gasteiger partial charge is 0.0471 e. The summed E-state index contributed by atoms with van der Waals surface area (Å²) in [6, 6.07) is 21.8. The summed E-state index contributed by atoms with van der Waals surface area (Å²) in [6.45, 7) is 0.325. The Hall–Kier alpha value is -2.68. The van der Waals surface area contributed by atoms with E-state index in [1.807, 2.05) is 0 Å². The van der Waals surface area contributed by atoms with Gasteiger partial charge in [0.1, 0.15) is 0 Å². The Balaban J connectivity index is 2.04. The van der Waals surface area contributed by atoms with Crippen LogP contribution < -0.4 is 0 Å². The maximum atomic E-state index is 9.39. The average molecular weight is 340 g/mol. The van der Waals surface area contributed by atoms with Crippen LogP contribution in [0.1, 0.15) is 11.1 Å². The first-order valence-electron chi connectivity index (χ1n) is 9.14. The molecule has 128 valence electrons. The zero-order valence-electron chi connectivity index (χ0n) is 14.5. The number of hydrogen-bond acceptors (Lipinski definition) is 2. The molecule has 0 radical (unpaired) electrons. The lowest BCUT2D eigenvalue weighted by molar-refractivity contribution is 0.299. The zero-order valence-corrected chi connectivity index (χ0v) is 14.5. The minimum absolute atomic E-state index is 0.163. The highest BCUT2D eigenvalue weighted by molar-refractivity contribution is 6.33. The summed E-state index contributed by atoms with van der Waals surface area (Å²) < 4.78 is 0. The molecule has 0 unspecified atom stereocenters. The van der Waals surface area contributed by atoms with Crippen molar-refractivity contribution in [2.45, 2.75) is 12.8 Å². The van der Waals surface area contributed by atoms with Gasteiger partial charge in [0.2, 0.25) is 0 Å². The molecular weight excluding hydrogens is 320 g/mol. The fourth-order valence-electron chi connectivity index (χ4n) is 4.40. The van der Waals surface area contributed by atoms with Crippen molar-refractivity contribution >= 4 is 43.1 Å². The molecule has 0 aromatic heterocycles. The van der Waals surface area contributed by atoms with E-state index >= 15 is 0 Å². The molecule has 2 heteroatoms. The molecule has 0 spiro atoms. The minimum Gasteiger partial charge on any atom is -0.396 e. The average Bonchev–Trinajstić information content (AvgIpc) is 2.66. The Kier molecular flexibility index (Phi) is 3.56. The van der Waals surface area contributed by atoms with Gasteiger partial charge in [0.05, 0.1) is 0 Å². The molecule has 0 aliphatic carbocycles. The Morgan fingerprint density at radius 1 is 0.538 bits per heavy atom. The van der Waals surface area contributed by atoms with E-state index in [1.54, 1.807) is 0 Å². The lowest BCUT2D eigenvalue weighted by atomic mass is 9.87. The van der Waals surface area contributed by atoms with Crippen LogP contribution in [0.5, 0.6) is 0 Å². The third kappa shape index (κ3) is 2.20. The Bertz CT molecular complexity index is 1150. The van der Waals surface area contributed by atoms with Gasteiger partial charge >= 0.3 is 0 Å². The highest BCUT2D eigenvalue weighted by Gasteiger charge is 2.14. The van der Waals surface area contributed by atoms with Gasteiger partial charge in [0.15, 0.2) is 0 Å². The fourth-order valence-corrected chi connectivity index (χ4v) is 4.40. The molecule has 2 nitrogen and oxygen atoms in total. The highest BCUT2D eigenvalue weighted by atomic mass is 16.3. The van der Waals surface area contributed by atoms with Gasteiger partial charge < -0.3 is 10.2 Å². The monoisotopic (exact) mass is 340 g/mol. The van der Waals surface area contributed by atoms with Gasteiger partial charge in [0.25, 0.3) is 0 Å². The van der Waals surface area contributed by atoms with Gasteiger partial charge in [-0.1, -0.05) is 60.7 Å². The first-order valence-corrected chi connectivity index (χ1v) is 9.14. The van der Waals surface area contributed by atoms with Gasteiger partial charge in [-0.25, -0.2) is 0 Å². The second-order valence-corrected chi connectivity index (χ2v) is 7.04. The van der Waals surface area contributed by atoms with Crippen molar-refractivity contribution in [2.24, 2.45) is 0 Å². The van der Waals surface area contributed by atoms with Crippen LogP contribution in [0.25, 0.3) is 43.1 Å².